The van der Waals surface area contributed by atoms with Crippen LogP contribution in [0.5, 0.6) is 0 Å². The van der Waals surface area contributed by atoms with Gasteiger partial charge >= 0.3 is 0 Å². The van der Waals surface area contributed by atoms with Crippen LogP contribution in [0.3, 0.4) is 0 Å². The molecule has 0 amide bonds. The predicted octanol–water partition coefficient (Wildman–Crippen LogP) is 2.96. The maximum atomic E-state index is 3.95. The molecule has 0 heterocycles. The quantitative estimate of drug-likeness (QED) is 0.332. The van der Waals surface area contributed by atoms with Gasteiger partial charge < -0.3 is 0 Å². The van der Waals surface area contributed by atoms with Crippen molar-refractivity contribution in [1.29, 1.82) is 0 Å². The van der Waals surface area contributed by atoms with Crippen LogP contribution >= 0.6 is 0 Å². The molecule has 0 aromatic carbocycles. The highest BCUT2D eigenvalue weighted by atomic mass is 14.6. The van der Waals surface area contributed by atoms with Gasteiger partial charge in [-0.3, -0.25) is 4.99 Å². The van der Waals surface area contributed by atoms with Gasteiger partial charge in [-0.25, -0.2) is 0 Å². The first-order chi connectivity index (χ1) is 5.22. The van der Waals surface area contributed by atoms with Crippen molar-refractivity contribution in [2.24, 2.45) is 10.9 Å². The van der Waals surface area contributed by atoms with Crippen molar-refractivity contribution < 1.29 is 0 Å². The fraction of sp³-hybridized carbons (Fsp3) is 0.400. The van der Waals surface area contributed by atoms with E-state index in [1.165, 1.54) is 0 Å². The summed E-state index contributed by atoms with van der Waals surface area (Å²) < 4.78 is 0. The van der Waals surface area contributed by atoms with Gasteiger partial charge in [0.1, 0.15) is 0 Å². The van der Waals surface area contributed by atoms with E-state index in [-0.39, 0.29) is 0 Å². The molecule has 0 fully saturated rings. The van der Waals surface area contributed by atoms with E-state index in [0.29, 0.717) is 5.92 Å². The molecular formula is C10H15N. The standard InChI is InChI=1S/C10H15N/c1-5-10(9(3)4)7-8-11-6-2/h6-9H,1H2,2-4H3/b8-7-,11-6-. The van der Waals surface area contributed by atoms with E-state index in [2.05, 4.69) is 31.2 Å². The summed E-state index contributed by atoms with van der Waals surface area (Å²) in [6.07, 6.45) is 5.43. The Balaban J connectivity index is 4.22. The summed E-state index contributed by atoms with van der Waals surface area (Å²) in [4.78, 5) is 3.95. The van der Waals surface area contributed by atoms with Crippen LogP contribution in [0.25, 0.3) is 0 Å². The Kier molecular flexibility index (Phi) is 5.14. The normalized spacial score (nSPS) is 11.3. The Morgan fingerprint density at radius 1 is 1.55 bits per heavy atom. The maximum absolute atomic E-state index is 3.95. The SMILES string of the molecule is C=C=C(/C=C\N=C/C)C(C)C. The maximum Gasteiger partial charge on any atom is 0.0272 e. The van der Waals surface area contributed by atoms with E-state index in [9.17, 15) is 0 Å². The molecule has 0 saturated carbocycles. The molecule has 0 rings (SSSR count). The highest BCUT2D eigenvalue weighted by Crippen LogP contribution is 2.08. The summed E-state index contributed by atoms with van der Waals surface area (Å²) in [5.74, 6) is 0.468. The molecule has 0 saturated heterocycles. The minimum absolute atomic E-state index is 0.468. The molecule has 0 atom stereocenters. The van der Waals surface area contributed by atoms with Crippen LogP contribution in [0.2, 0.25) is 0 Å². The van der Waals surface area contributed by atoms with Gasteiger partial charge in [0.15, 0.2) is 0 Å². The zero-order valence-corrected chi connectivity index (χ0v) is 7.46. The lowest BCUT2D eigenvalue weighted by Crippen LogP contribution is -1.87. The third kappa shape index (κ3) is 4.35. The fourth-order valence-corrected chi connectivity index (χ4v) is 0.665. The molecule has 0 unspecified atom stereocenters. The Labute approximate surface area is 68.9 Å². The first-order valence-electron chi connectivity index (χ1n) is 3.76. The summed E-state index contributed by atoms with van der Waals surface area (Å²) in [5, 5.41) is 0. The van der Waals surface area contributed by atoms with Crippen LogP contribution in [-0.2, 0) is 0 Å². The van der Waals surface area contributed by atoms with Crippen molar-refractivity contribution >= 4 is 6.21 Å². The second-order valence-electron chi connectivity index (χ2n) is 2.51. The van der Waals surface area contributed by atoms with E-state index in [1.54, 1.807) is 12.4 Å². The molecule has 0 radical (unpaired) electrons. The summed E-state index contributed by atoms with van der Waals surface area (Å²) in [7, 11) is 0. The molecule has 0 aliphatic carbocycles. The Bertz CT molecular complexity index is 203. The van der Waals surface area contributed by atoms with Gasteiger partial charge in [0, 0.05) is 12.4 Å². The highest BCUT2D eigenvalue weighted by Gasteiger charge is 1.94. The smallest absolute Gasteiger partial charge is 0.0272 e. The van der Waals surface area contributed by atoms with E-state index < -0.39 is 0 Å². The van der Waals surface area contributed by atoms with Crippen molar-refractivity contribution in [3.05, 3.63) is 30.2 Å². The van der Waals surface area contributed by atoms with E-state index in [1.807, 2.05) is 13.0 Å². The number of allylic oxidation sites excluding steroid dienone is 2. The molecule has 0 bridgehead atoms. The average Bonchev–Trinajstić information content (AvgIpc) is 1.97. The summed E-state index contributed by atoms with van der Waals surface area (Å²) in [6, 6.07) is 0. The summed E-state index contributed by atoms with van der Waals surface area (Å²) >= 11 is 0. The number of rotatable bonds is 3. The summed E-state index contributed by atoms with van der Waals surface area (Å²) in [6.45, 7) is 9.69. The van der Waals surface area contributed by atoms with E-state index in [4.69, 9.17) is 0 Å². The second-order valence-corrected chi connectivity index (χ2v) is 2.51. The van der Waals surface area contributed by atoms with Gasteiger partial charge in [-0.15, -0.1) is 5.73 Å². The average molecular weight is 149 g/mol. The number of hydrogen-bond acceptors (Lipinski definition) is 1. The zero-order valence-electron chi connectivity index (χ0n) is 7.46. The van der Waals surface area contributed by atoms with Crippen molar-refractivity contribution in [2.45, 2.75) is 20.8 Å². The van der Waals surface area contributed by atoms with Crippen LogP contribution < -0.4 is 0 Å². The lowest BCUT2D eigenvalue weighted by molar-refractivity contribution is 0.793. The molecular weight excluding hydrogens is 134 g/mol. The molecule has 1 nitrogen and oxygen atoms in total. The van der Waals surface area contributed by atoms with Crippen molar-refractivity contribution in [3.8, 4) is 0 Å². The third-order valence-electron chi connectivity index (χ3n) is 1.32. The van der Waals surface area contributed by atoms with Crippen LogP contribution in [0.15, 0.2) is 35.2 Å². The molecule has 60 valence electrons. The molecule has 0 aliphatic heterocycles. The Hall–Kier alpha value is -1.07. The third-order valence-corrected chi connectivity index (χ3v) is 1.32. The van der Waals surface area contributed by atoms with Crippen LogP contribution in [0, 0.1) is 5.92 Å². The fourth-order valence-electron chi connectivity index (χ4n) is 0.665. The van der Waals surface area contributed by atoms with Crippen LogP contribution in [0.1, 0.15) is 20.8 Å². The van der Waals surface area contributed by atoms with Gasteiger partial charge in [0.2, 0.25) is 0 Å². The van der Waals surface area contributed by atoms with Gasteiger partial charge in [-0.1, -0.05) is 20.4 Å². The number of hydrogen-bond donors (Lipinski definition) is 0. The minimum Gasteiger partial charge on any atom is -0.269 e. The lowest BCUT2D eigenvalue weighted by Gasteiger charge is -2.00. The van der Waals surface area contributed by atoms with Crippen LogP contribution in [0.4, 0.5) is 0 Å². The Morgan fingerprint density at radius 3 is 2.55 bits per heavy atom. The van der Waals surface area contributed by atoms with Crippen molar-refractivity contribution in [1.82, 2.24) is 0 Å². The van der Waals surface area contributed by atoms with Crippen molar-refractivity contribution in [2.75, 3.05) is 0 Å². The number of aliphatic imine (C=N–C) groups is 1. The van der Waals surface area contributed by atoms with Crippen molar-refractivity contribution in [3.63, 3.8) is 0 Å². The topological polar surface area (TPSA) is 12.4 Å². The molecule has 0 N–H and O–H groups in total. The zero-order chi connectivity index (χ0) is 8.69. The van der Waals surface area contributed by atoms with E-state index in [0.717, 1.165) is 5.57 Å². The number of nitrogens with zero attached hydrogens (tertiary/aromatic N) is 1. The van der Waals surface area contributed by atoms with Gasteiger partial charge in [0.05, 0.1) is 0 Å². The molecule has 1 heteroatoms. The first kappa shape index (κ1) is 9.93. The highest BCUT2D eigenvalue weighted by molar-refractivity contribution is 5.54. The monoisotopic (exact) mass is 149 g/mol. The van der Waals surface area contributed by atoms with Gasteiger partial charge in [-0.05, 0) is 24.5 Å². The molecule has 0 aromatic heterocycles. The van der Waals surface area contributed by atoms with Gasteiger partial charge in [0.25, 0.3) is 0 Å². The minimum atomic E-state index is 0.468. The summed E-state index contributed by atoms with van der Waals surface area (Å²) in [5.41, 5.74) is 3.96. The van der Waals surface area contributed by atoms with Gasteiger partial charge in [-0.2, -0.15) is 0 Å². The first-order valence-corrected chi connectivity index (χ1v) is 3.76. The molecule has 11 heavy (non-hydrogen) atoms. The second kappa shape index (κ2) is 5.70. The Morgan fingerprint density at radius 2 is 2.18 bits per heavy atom. The van der Waals surface area contributed by atoms with E-state index >= 15 is 0 Å². The molecule has 0 spiro atoms. The predicted molar refractivity (Wildman–Crippen MR) is 50.8 cm³/mol. The molecule has 0 aromatic rings. The largest absolute Gasteiger partial charge is 0.269 e. The molecule has 0 aliphatic rings. The lowest BCUT2D eigenvalue weighted by atomic mass is 10.1. The van der Waals surface area contributed by atoms with Crippen LogP contribution in [-0.4, -0.2) is 6.21 Å².